The van der Waals surface area contributed by atoms with E-state index >= 15 is 0 Å². The molecule has 0 amide bonds. The van der Waals surface area contributed by atoms with E-state index in [1.165, 1.54) is 0 Å². The Morgan fingerprint density at radius 3 is 2.13 bits per heavy atom. The van der Waals surface area contributed by atoms with Crippen molar-refractivity contribution in [3.63, 3.8) is 0 Å². The summed E-state index contributed by atoms with van der Waals surface area (Å²) in [7, 11) is 0. The number of phenols is 2. The van der Waals surface area contributed by atoms with Gasteiger partial charge >= 0.3 is 6.01 Å². The summed E-state index contributed by atoms with van der Waals surface area (Å²) in [5.74, 6) is 0.366. The van der Waals surface area contributed by atoms with Crippen LogP contribution in [0.3, 0.4) is 0 Å². The molecule has 9 heteroatoms. The van der Waals surface area contributed by atoms with E-state index in [4.69, 9.17) is 4.42 Å². The van der Waals surface area contributed by atoms with Gasteiger partial charge in [-0.3, -0.25) is 0 Å². The van der Waals surface area contributed by atoms with Crippen molar-refractivity contribution in [1.29, 1.82) is 0 Å². The van der Waals surface area contributed by atoms with Crippen molar-refractivity contribution < 1.29 is 14.6 Å². The molecular weight excluding hydrogens is 480 g/mol. The lowest BCUT2D eigenvalue weighted by atomic mass is 10.0. The molecule has 0 spiro atoms. The number of rotatable bonds is 5. The highest BCUT2D eigenvalue weighted by atomic mass is 16.4. The van der Waals surface area contributed by atoms with Gasteiger partial charge in [0.2, 0.25) is 5.89 Å². The Hall–Kier alpha value is -5.44. The van der Waals surface area contributed by atoms with Gasteiger partial charge in [-0.15, -0.1) is 15.3 Å². The summed E-state index contributed by atoms with van der Waals surface area (Å²) >= 11 is 0. The largest absolute Gasteiger partial charge is 0.506 e. The van der Waals surface area contributed by atoms with Crippen molar-refractivity contribution in [2.45, 2.75) is 6.92 Å². The van der Waals surface area contributed by atoms with Crippen molar-refractivity contribution in [2.75, 3.05) is 0 Å². The maximum Gasteiger partial charge on any atom is 0.361 e. The summed E-state index contributed by atoms with van der Waals surface area (Å²) < 4.78 is 5.66. The molecule has 0 fully saturated rings. The highest BCUT2D eigenvalue weighted by Crippen LogP contribution is 2.39. The lowest BCUT2D eigenvalue weighted by Crippen LogP contribution is -1.80. The van der Waals surface area contributed by atoms with Gasteiger partial charge in [-0.05, 0) is 59.7 Å². The van der Waals surface area contributed by atoms with Crippen LogP contribution in [0.4, 0.5) is 23.1 Å². The third-order valence-electron chi connectivity index (χ3n) is 6.09. The number of aryl methyl sites for hydroxylation is 1. The van der Waals surface area contributed by atoms with Gasteiger partial charge in [-0.2, -0.15) is 5.11 Å². The zero-order valence-electron chi connectivity index (χ0n) is 20.1. The molecule has 2 N–H and O–H groups in total. The molecule has 9 nitrogen and oxygen atoms in total. The molecule has 0 aliphatic heterocycles. The number of aromatic hydroxyl groups is 2. The van der Waals surface area contributed by atoms with Crippen molar-refractivity contribution in [1.82, 2.24) is 10.2 Å². The van der Waals surface area contributed by atoms with Crippen molar-refractivity contribution in [3.8, 4) is 23.0 Å². The quantitative estimate of drug-likeness (QED) is 0.229. The molecule has 6 rings (SSSR count). The first-order valence-corrected chi connectivity index (χ1v) is 11.8. The Morgan fingerprint density at radius 2 is 1.34 bits per heavy atom. The van der Waals surface area contributed by atoms with Crippen molar-refractivity contribution in [3.05, 3.63) is 96.6 Å². The summed E-state index contributed by atoms with van der Waals surface area (Å²) in [6.45, 7) is 1.81. The molecule has 0 atom stereocenters. The summed E-state index contributed by atoms with van der Waals surface area (Å²) in [6.07, 6.45) is 0. The summed E-state index contributed by atoms with van der Waals surface area (Å²) in [6, 6.07) is 27.6. The minimum absolute atomic E-state index is 0.0415. The molecule has 0 radical (unpaired) electrons. The van der Waals surface area contributed by atoms with E-state index in [1.54, 1.807) is 37.3 Å². The van der Waals surface area contributed by atoms with Crippen LogP contribution in [0.2, 0.25) is 0 Å². The van der Waals surface area contributed by atoms with Crippen LogP contribution in [0.15, 0.2) is 116 Å². The molecule has 1 aromatic heterocycles. The number of phenolic OH excluding ortho intramolecular Hbond substituents is 2. The molecule has 6 aromatic rings. The molecule has 0 aliphatic rings. The molecule has 5 aromatic carbocycles. The monoisotopic (exact) mass is 500 g/mol. The maximum atomic E-state index is 10.5. The number of benzene rings is 5. The molecule has 0 bridgehead atoms. The third kappa shape index (κ3) is 4.33. The van der Waals surface area contributed by atoms with E-state index < -0.39 is 0 Å². The molecule has 1 heterocycles. The second kappa shape index (κ2) is 9.55. The average molecular weight is 501 g/mol. The summed E-state index contributed by atoms with van der Waals surface area (Å²) in [5.41, 5.74) is 2.69. The molecule has 0 saturated carbocycles. The lowest BCUT2D eigenvalue weighted by molar-refractivity contribution is 0.473. The minimum Gasteiger partial charge on any atom is -0.506 e. The summed E-state index contributed by atoms with van der Waals surface area (Å²) in [5, 5.41) is 49.1. The molecule has 0 saturated heterocycles. The van der Waals surface area contributed by atoms with Crippen LogP contribution in [0, 0.1) is 6.92 Å². The van der Waals surface area contributed by atoms with Gasteiger partial charge in [0.05, 0.1) is 5.69 Å². The summed E-state index contributed by atoms with van der Waals surface area (Å²) in [4.78, 5) is 0. The van der Waals surface area contributed by atoms with Crippen LogP contribution in [0.25, 0.3) is 33.0 Å². The average Bonchev–Trinajstić information content (AvgIpc) is 3.42. The second-order valence-corrected chi connectivity index (χ2v) is 8.60. The zero-order chi connectivity index (χ0) is 26.1. The van der Waals surface area contributed by atoms with Gasteiger partial charge in [0, 0.05) is 16.3 Å². The second-order valence-electron chi connectivity index (χ2n) is 8.60. The normalized spacial score (nSPS) is 11.8. The number of fused-ring (bicyclic) bond motifs is 2. The van der Waals surface area contributed by atoms with Gasteiger partial charge in [-0.1, -0.05) is 64.8 Å². The first-order valence-electron chi connectivity index (χ1n) is 11.8. The van der Waals surface area contributed by atoms with Crippen LogP contribution in [-0.4, -0.2) is 20.4 Å². The fourth-order valence-electron chi connectivity index (χ4n) is 4.15. The van der Waals surface area contributed by atoms with Crippen molar-refractivity contribution >= 4 is 44.6 Å². The topological polar surface area (TPSA) is 129 Å². The smallest absolute Gasteiger partial charge is 0.361 e. The number of aromatic nitrogens is 2. The zero-order valence-corrected chi connectivity index (χ0v) is 20.1. The van der Waals surface area contributed by atoms with E-state index in [-0.39, 0.29) is 23.4 Å². The van der Waals surface area contributed by atoms with E-state index in [1.807, 2.05) is 60.7 Å². The highest BCUT2D eigenvalue weighted by Gasteiger charge is 2.12. The standard InChI is InChI=1S/C29H20N6O3/c1-17-16-20-7-3-5-9-23(20)26(27(17)37)32-34-29-35-33-28(38-29)19-10-13-21(14-11-19)30-31-25-22-8-4-2-6-18(22)12-15-24(25)36/h2-16,36-37H,1H3. The molecule has 38 heavy (non-hydrogen) atoms. The predicted molar refractivity (Wildman–Crippen MR) is 144 cm³/mol. The molecular formula is C29H20N6O3. The van der Waals surface area contributed by atoms with Crippen LogP contribution in [-0.2, 0) is 0 Å². The Kier molecular flexibility index (Phi) is 5.78. The van der Waals surface area contributed by atoms with Crippen LogP contribution in [0.5, 0.6) is 11.5 Å². The van der Waals surface area contributed by atoms with E-state index in [0.717, 1.165) is 21.5 Å². The maximum absolute atomic E-state index is 10.5. The van der Waals surface area contributed by atoms with Gasteiger partial charge < -0.3 is 14.6 Å². The predicted octanol–water partition coefficient (Wildman–Crippen LogP) is 8.59. The molecule has 0 aliphatic carbocycles. The van der Waals surface area contributed by atoms with Crippen LogP contribution in [0.1, 0.15) is 5.56 Å². The Bertz CT molecular complexity index is 1860. The van der Waals surface area contributed by atoms with Gasteiger partial charge in [0.15, 0.2) is 0 Å². The van der Waals surface area contributed by atoms with Crippen molar-refractivity contribution in [2.24, 2.45) is 20.5 Å². The van der Waals surface area contributed by atoms with Crippen LogP contribution >= 0.6 is 0 Å². The Labute approximate surface area is 216 Å². The first-order chi connectivity index (χ1) is 18.6. The SMILES string of the molecule is Cc1cc2ccccc2c(N=Nc2nnc(-c3ccc(N=Nc4c(O)ccc5ccccc45)cc3)o2)c1O. The third-order valence-corrected chi connectivity index (χ3v) is 6.09. The Balaban J connectivity index is 1.23. The Morgan fingerprint density at radius 1 is 0.658 bits per heavy atom. The van der Waals surface area contributed by atoms with E-state index in [2.05, 4.69) is 30.7 Å². The number of hydrogen-bond donors (Lipinski definition) is 2. The van der Waals surface area contributed by atoms with Gasteiger partial charge in [0.1, 0.15) is 22.9 Å². The minimum atomic E-state index is -0.0415. The van der Waals surface area contributed by atoms with Gasteiger partial charge in [0.25, 0.3) is 0 Å². The highest BCUT2D eigenvalue weighted by molar-refractivity contribution is 5.96. The fourth-order valence-corrected chi connectivity index (χ4v) is 4.15. The van der Waals surface area contributed by atoms with Gasteiger partial charge in [-0.25, -0.2) is 0 Å². The van der Waals surface area contributed by atoms with E-state index in [9.17, 15) is 10.2 Å². The number of hydrogen-bond acceptors (Lipinski definition) is 9. The molecule has 184 valence electrons. The number of azo groups is 2. The fraction of sp³-hybridized carbons (Fsp3) is 0.0345. The molecule has 0 unspecified atom stereocenters. The lowest BCUT2D eigenvalue weighted by Gasteiger charge is -2.06. The first kappa shape index (κ1) is 23.0. The van der Waals surface area contributed by atoms with Crippen LogP contribution < -0.4 is 0 Å². The number of nitrogens with zero attached hydrogens (tertiary/aromatic N) is 6. The van der Waals surface area contributed by atoms with E-state index in [0.29, 0.717) is 28.2 Å².